The SMILES string of the molecule is C[C@H]1CC2[C@H]([C@@H](O)C[C@@]3(C)[C@H]2CC[C@]3(O)C(=O)CO)[C@@]2(C)C=CC(=O)C=C12. The largest absolute Gasteiger partial charge is 0.393 e. The third-order valence-corrected chi connectivity index (χ3v) is 8.57. The third-order valence-electron chi connectivity index (χ3n) is 8.57. The molecule has 5 nitrogen and oxygen atoms in total. The molecule has 0 amide bonds. The molecule has 0 aromatic rings. The Morgan fingerprint density at radius 1 is 1.33 bits per heavy atom. The molecule has 8 atom stereocenters. The predicted octanol–water partition coefficient (Wildman–Crippen LogP) is 1.80. The second-order valence-electron chi connectivity index (χ2n) is 9.72. The summed E-state index contributed by atoms with van der Waals surface area (Å²) >= 11 is 0. The van der Waals surface area contributed by atoms with Crippen LogP contribution in [0, 0.1) is 34.5 Å². The minimum atomic E-state index is -1.57. The van der Waals surface area contributed by atoms with Crippen LogP contribution in [0.3, 0.4) is 0 Å². The van der Waals surface area contributed by atoms with Gasteiger partial charge in [0, 0.05) is 16.7 Å². The van der Waals surface area contributed by atoms with Gasteiger partial charge in [-0.3, -0.25) is 9.59 Å². The molecule has 3 fully saturated rings. The first-order valence-electron chi connectivity index (χ1n) is 10.1. The van der Waals surface area contributed by atoms with Crippen molar-refractivity contribution >= 4 is 11.6 Å². The molecule has 4 aliphatic carbocycles. The number of carbonyl (C=O) groups excluding carboxylic acids is 2. The van der Waals surface area contributed by atoms with Gasteiger partial charge in [0.05, 0.1) is 6.10 Å². The molecule has 0 aromatic heterocycles. The van der Waals surface area contributed by atoms with Crippen LogP contribution in [0.15, 0.2) is 23.8 Å². The molecule has 0 radical (unpaired) electrons. The Morgan fingerprint density at radius 2 is 2.04 bits per heavy atom. The van der Waals surface area contributed by atoms with Crippen molar-refractivity contribution in [3.05, 3.63) is 23.8 Å². The van der Waals surface area contributed by atoms with E-state index in [2.05, 4.69) is 13.8 Å². The van der Waals surface area contributed by atoms with Gasteiger partial charge in [-0.15, -0.1) is 0 Å². The maximum Gasteiger partial charge on any atom is 0.190 e. The van der Waals surface area contributed by atoms with E-state index < -0.39 is 29.5 Å². The molecular formula is C22H30O5. The maximum absolute atomic E-state index is 12.4. The zero-order valence-electron chi connectivity index (χ0n) is 16.3. The molecule has 3 N–H and O–H groups in total. The van der Waals surface area contributed by atoms with E-state index in [1.807, 2.05) is 13.0 Å². The Bertz CT molecular complexity index is 754. The van der Waals surface area contributed by atoms with Crippen molar-refractivity contribution in [2.45, 2.75) is 58.2 Å². The highest BCUT2D eigenvalue weighted by Crippen LogP contribution is 2.67. The fourth-order valence-electron chi connectivity index (χ4n) is 7.34. The van der Waals surface area contributed by atoms with Gasteiger partial charge in [0.1, 0.15) is 12.2 Å². The average molecular weight is 374 g/mol. The van der Waals surface area contributed by atoms with Crippen LogP contribution < -0.4 is 0 Å². The van der Waals surface area contributed by atoms with Gasteiger partial charge in [-0.05, 0) is 55.6 Å². The molecule has 0 aliphatic heterocycles. The van der Waals surface area contributed by atoms with E-state index in [9.17, 15) is 24.9 Å². The van der Waals surface area contributed by atoms with Gasteiger partial charge >= 0.3 is 0 Å². The molecule has 0 heterocycles. The van der Waals surface area contributed by atoms with E-state index in [1.165, 1.54) is 0 Å². The second-order valence-corrected chi connectivity index (χ2v) is 9.72. The predicted molar refractivity (Wildman–Crippen MR) is 99.6 cm³/mol. The lowest BCUT2D eigenvalue weighted by Gasteiger charge is -2.60. The summed E-state index contributed by atoms with van der Waals surface area (Å²) in [6.07, 6.45) is 6.87. The summed E-state index contributed by atoms with van der Waals surface area (Å²) < 4.78 is 0. The maximum atomic E-state index is 12.4. The first-order chi connectivity index (χ1) is 12.6. The Balaban J connectivity index is 1.78. The van der Waals surface area contributed by atoms with Crippen LogP contribution >= 0.6 is 0 Å². The molecule has 27 heavy (non-hydrogen) atoms. The third kappa shape index (κ3) is 2.28. The molecule has 0 saturated heterocycles. The number of aliphatic hydroxyl groups is 3. The Labute approximate surface area is 160 Å². The van der Waals surface area contributed by atoms with Crippen LogP contribution in [0.1, 0.15) is 46.5 Å². The molecule has 5 heteroatoms. The van der Waals surface area contributed by atoms with Crippen LogP contribution in [-0.2, 0) is 9.59 Å². The van der Waals surface area contributed by atoms with Gasteiger partial charge in [-0.1, -0.05) is 32.4 Å². The molecule has 4 rings (SSSR count). The second kappa shape index (κ2) is 5.85. The molecule has 148 valence electrons. The highest BCUT2D eigenvalue weighted by molar-refractivity contribution is 6.01. The van der Waals surface area contributed by atoms with Crippen molar-refractivity contribution in [3.8, 4) is 0 Å². The Kier molecular flexibility index (Phi) is 4.12. The summed E-state index contributed by atoms with van der Waals surface area (Å²) in [5, 5.41) is 31.9. The summed E-state index contributed by atoms with van der Waals surface area (Å²) in [6, 6.07) is 0. The summed E-state index contributed by atoms with van der Waals surface area (Å²) in [7, 11) is 0. The van der Waals surface area contributed by atoms with Crippen molar-refractivity contribution in [2.24, 2.45) is 34.5 Å². The lowest BCUT2D eigenvalue weighted by atomic mass is 9.45. The first kappa shape index (κ1) is 19.0. The van der Waals surface area contributed by atoms with Gasteiger partial charge in [0.2, 0.25) is 0 Å². The monoisotopic (exact) mass is 374 g/mol. The standard InChI is InChI=1S/C22H30O5/c1-12-8-14-15-5-7-22(27,18(26)11-23)21(15,3)10-17(25)19(14)20(2)6-4-13(24)9-16(12)20/h4,6,9,12,14-15,17,19,23,25,27H,5,7-8,10-11H2,1-3H3/t12-,14?,15-,17-,19+,20-,21-,22-/m0/s1. The number of hydrogen-bond donors (Lipinski definition) is 3. The molecule has 0 spiro atoms. The first-order valence-corrected chi connectivity index (χ1v) is 10.1. The Hall–Kier alpha value is -1.30. The molecule has 1 unspecified atom stereocenters. The smallest absolute Gasteiger partial charge is 0.190 e. The highest BCUT2D eigenvalue weighted by Gasteiger charge is 2.68. The van der Waals surface area contributed by atoms with Gasteiger partial charge in [0.25, 0.3) is 0 Å². The van der Waals surface area contributed by atoms with Crippen LogP contribution in [0.2, 0.25) is 0 Å². The minimum absolute atomic E-state index is 0.00620. The van der Waals surface area contributed by atoms with E-state index >= 15 is 0 Å². The molecule has 0 bridgehead atoms. The summed E-state index contributed by atoms with van der Waals surface area (Å²) in [6.45, 7) is 5.48. The Morgan fingerprint density at radius 3 is 2.70 bits per heavy atom. The van der Waals surface area contributed by atoms with E-state index in [4.69, 9.17) is 0 Å². The summed E-state index contributed by atoms with van der Waals surface area (Å²) in [5.74, 6) is -0.0768. The fourth-order valence-corrected chi connectivity index (χ4v) is 7.34. The number of allylic oxidation sites excluding steroid dienone is 4. The number of Topliss-reactive ketones (excluding diaryl/α,β-unsaturated/α-hetero) is 1. The lowest BCUT2D eigenvalue weighted by Crippen LogP contribution is -2.62. The van der Waals surface area contributed by atoms with Crippen molar-refractivity contribution < 1.29 is 24.9 Å². The van der Waals surface area contributed by atoms with Gasteiger partial charge in [-0.25, -0.2) is 0 Å². The number of ketones is 2. The molecule has 4 aliphatic rings. The summed E-state index contributed by atoms with van der Waals surface area (Å²) in [4.78, 5) is 24.4. The van der Waals surface area contributed by atoms with Crippen molar-refractivity contribution in [1.29, 1.82) is 0 Å². The lowest BCUT2D eigenvalue weighted by molar-refractivity contribution is -0.180. The summed E-state index contributed by atoms with van der Waals surface area (Å²) in [5.41, 5.74) is -1.59. The quantitative estimate of drug-likeness (QED) is 0.685. The number of carbonyl (C=O) groups is 2. The number of hydrogen-bond acceptors (Lipinski definition) is 5. The topological polar surface area (TPSA) is 94.8 Å². The van der Waals surface area contributed by atoms with Crippen LogP contribution in [0.4, 0.5) is 0 Å². The number of fused-ring (bicyclic) bond motifs is 5. The van der Waals surface area contributed by atoms with Crippen molar-refractivity contribution in [3.63, 3.8) is 0 Å². The van der Waals surface area contributed by atoms with Crippen molar-refractivity contribution in [1.82, 2.24) is 0 Å². The minimum Gasteiger partial charge on any atom is -0.393 e. The molecule has 0 aromatic carbocycles. The zero-order valence-corrected chi connectivity index (χ0v) is 16.3. The van der Waals surface area contributed by atoms with E-state index in [0.717, 1.165) is 18.4 Å². The number of rotatable bonds is 2. The van der Waals surface area contributed by atoms with E-state index in [-0.39, 0.29) is 34.9 Å². The number of aliphatic hydroxyl groups excluding tert-OH is 2. The molecular weight excluding hydrogens is 344 g/mol. The van der Waals surface area contributed by atoms with Gasteiger partial charge in [-0.2, -0.15) is 0 Å². The fraction of sp³-hybridized carbons (Fsp3) is 0.727. The molecule has 3 saturated carbocycles. The zero-order chi connectivity index (χ0) is 19.8. The highest BCUT2D eigenvalue weighted by atomic mass is 16.3. The van der Waals surface area contributed by atoms with Crippen LogP contribution in [0.5, 0.6) is 0 Å². The van der Waals surface area contributed by atoms with Crippen LogP contribution in [-0.4, -0.2) is 45.2 Å². The normalized spacial score (nSPS) is 51.3. The van der Waals surface area contributed by atoms with E-state index in [1.54, 1.807) is 12.2 Å². The average Bonchev–Trinajstić information content (AvgIpc) is 2.87. The van der Waals surface area contributed by atoms with Gasteiger partial charge < -0.3 is 15.3 Å². The van der Waals surface area contributed by atoms with Crippen molar-refractivity contribution in [2.75, 3.05) is 6.61 Å². The van der Waals surface area contributed by atoms with Crippen LogP contribution in [0.25, 0.3) is 0 Å². The van der Waals surface area contributed by atoms with E-state index in [0.29, 0.717) is 12.8 Å². The van der Waals surface area contributed by atoms with Gasteiger partial charge in [0.15, 0.2) is 11.6 Å².